The second-order valence-corrected chi connectivity index (χ2v) is 5.89. The second-order valence-electron chi connectivity index (χ2n) is 5.89. The van der Waals surface area contributed by atoms with E-state index < -0.39 is 6.03 Å². The summed E-state index contributed by atoms with van der Waals surface area (Å²) in [5.41, 5.74) is 8.20. The maximum atomic E-state index is 12.0. The van der Waals surface area contributed by atoms with Gasteiger partial charge in [-0.2, -0.15) is 0 Å². The largest absolute Gasteiger partial charge is 0.496 e. The average Bonchev–Trinajstić information content (AvgIpc) is 2.60. The lowest BCUT2D eigenvalue weighted by Crippen LogP contribution is -2.47. The number of benzene rings is 2. The fourth-order valence-corrected chi connectivity index (χ4v) is 2.39. The van der Waals surface area contributed by atoms with Crippen LogP contribution in [0, 0.1) is 13.8 Å². The summed E-state index contributed by atoms with van der Waals surface area (Å²) in [6, 6.07) is 12.0. The summed E-state index contributed by atoms with van der Waals surface area (Å²) in [6.07, 6.45) is 0. The van der Waals surface area contributed by atoms with Crippen LogP contribution in [0.2, 0.25) is 0 Å². The molecule has 0 aliphatic carbocycles. The molecule has 2 aromatic rings. The predicted octanol–water partition coefficient (Wildman–Crippen LogP) is 3.02. The molecule has 1 atom stereocenters. The lowest BCUT2D eigenvalue weighted by atomic mass is 10.0. The van der Waals surface area contributed by atoms with Gasteiger partial charge in [-0.15, -0.1) is 0 Å². The number of nitrogens with one attached hydrogen (secondary N) is 3. The topological polar surface area (TPSA) is 79.5 Å². The molecule has 25 heavy (non-hydrogen) atoms. The van der Waals surface area contributed by atoms with Crippen molar-refractivity contribution in [2.75, 3.05) is 7.11 Å². The van der Waals surface area contributed by atoms with E-state index in [1.54, 1.807) is 19.2 Å². The van der Waals surface area contributed by atoms with Crippen LogP contribution >= 0.6 is 0 Å². The van der Waals surface area contributed by atoms with E-state index in [4.69, 9.17) is 4.74 Å². The van der Waals surface area contributed by atoms with Crippen molar-refractivity contribution < 1.29 is 14.3 Å². The van der Waals surface area contributed by atoms with E-state index in [1.807, 2.05) is 51.1 Å². The van der Waals surface area contributed by atoms with Gasteiger partial charge in [0, 0.05) is 11.1 Å². The van der Waals surface area contributed by atoms with Crippen molar-refractivity contribution >= 4 is 11.9 Å². The molecule has 0 unspecified atom stereocenters. The number of aryl methyl sites for hydroxylation is 2. The molecule has 3 N–H and O–H groups in total. The molecule has 0 saturated carbocycles. The number of urea groups is 1. The summed E-state index contributed by atoms with van der Waals surface area (Å²) in [5.74, 6) is 0.318. The van der Waals surface area contributed by atoms with E-state index in [9.17, 15) is 9.59 Å². The van der Waals surface area contributed by atoms with Crippen LogP contribution in [0.25, 0.3) is 0 Å². The normalized spacial score (nSPS) is 11.4. The van der Waals surface area contributed by atoms with Gasteiger partial charge in [0.05, 0.1) is 13.2 Å². The molecule has 0 bridgehead atoms. The van der Waals surface area contributed by atoms with Gasteiger partial charge in [0.15, 0.2) is 0 Å². The molecule has 0 aliphatic heterocycles. The maximum Gasteiger partial charge on any atom is 0.333 e. The minimum Gasteiger partial charge on any atom is -0.496 e. The fourth-order valence-electron chi connectivity index (χ4n) is 2.39. The van der Waals surface area contributed by atoms with Crippen molar-refractivity contribution in [2.45, 2.75) is 26.8 Å². The van der Waals surface area contributed by atoms with Crippen molar-refractivity contribution in [1.29, 1.82) is 0 Å². The molecule has 0 aliphatic rings. The highest BCUT2D eigenvalue weighted by Gasteiger charge is 2.15. The standard InChI is InChI=1S/C19H23N3O3/c1-12-5-8-15(9-6-12)18(23)21-22-19(24)20-14(3)16-11-13(2)7-10-17(16)25-4/h5-11,14H,1-4H3,(H,21,23)(H2,20,22,24)/t14-/m1/s1. The fraction of sp³-hybridized carbons (Fsp3) is 0.263. The highest BCUT2D eigenvalue weighted by Crippen LogP contribution is 2.25. The Balaban J connectivity index is 1.92. The van der Waals surface area contributed by atoms with Gasteiger partial charge in [-0.1, -0.05) is 35.4 Å². The SMILES string of the molecule is COc1ccc(C)cc1[C@@H](C)NC(=O)NNC(=O)c1ccc(C)cc1. The smallest absolute Gasteiger partial charge is 0.333 e. The van der Waals surface area contributed by atoms with Crippen LogP contribution in [0.5, 0.6) is 5.75 Å². The van der Waals surface area contributed by atoms with Crippen LogP contribution in [0.3, 0.4) is 0 Å². The third kappa shape index (κ3) is 4.97. The van der Waals surface area contributed by atoms with Gasteiger partial charge in [-0.05, 0) is 39.0 Å². The number of hydrazine groups is 1. The van der Waals surface area contributed by atoms with Crippen molar-refractivity contribution in [3.8, 4) is 5.75 Å². The van der Waals surface area contributed by atoms with Crippen molar-refractivity contribution in [3.05, 3.63) is 64.7 Å². The van der Waals surface area contributed by atoms with Crippen LogP contribution in [-0.2, 0) is 0 Å². The van der Waals surface area contributed by atoms with Gasteiger partial charge >= 0.3 is 6.03 Å². The minimum atomic E-state index is -0.503. The molecule has 0 aromatic heterocycles. The zero-order valence-corrected chi connectivity index (χ0v) is 14.8. The van der Waals surface area contributed by atoms with Crippen LogP contribution < -0.4 is 20.9 Å². The zero-order chi connectivity index (χ0) is 18.4. The first kappa shape index (κ1) is 18.3. The molecule has 132 valence electrons. The van der Waals surface area contributed by atoms with Gasteiger partial charge in [0.25, 0.3) is 5.91 Å². The third-order valence-electron chi connectivity index (χ3n) is 3.80. The maximum absolute atomic E-state index is 12.0. The molecule has 0 radical (unpaired) electrons. The van der Waals surface area contributed by atoms with E-state index >= 15 is 0 Å². The van der Waals surface area contributed by atoms with Gasteiger partial charge in [0.1, 0.15) is 5.75 Å². The Morgan fingerprint density at radius 3 is 2.24 bits per heavy atom. The van der Waals surface area contributed by atoms with Crippen molar-refractivity contribution in [1.82, 2.24) is 16.2 Å². The van der Waals surface area contributed by atoms with E-state index in [-0.39, 0.29) is 11.9 Å². The van der Waals surface area contributed by atoms with E-state index in [0.717, 1.165) is 16.7 Å². The Kier molecular flexibility index (Phi) is 6.00. The third-order valence-corrected chi connectivity index (χ3v) is 3.80. The van der Waals surface area contributed by atoms with Crippen LogP contribution in [-0.4, -0.2) is 19.0 Å². The van der Waals surface area contributed by atoms with Crippen molar-refractivity contribution in [3.63, 3.8) is 0 Å². The molecular weight excluding hydrogens is 318 g/mol. The molecule has 0 spiro atoms. The molecule has 6 nitrogen and oxygen atoms in total. The number of hydrogen-bond acceptors (Lipinski definition) is 3. The number of carbonyl (C=O) groups is 2. The first-order valence-corrected chi connectivity index (χ1v) is 7.98. The van der Waals surface area contributed by atoms with Crippen LogP contribution in [0.4, 0.5) is 4.79 Å². The summed E-state index contributed by atoms with van der Waals surface area (Å²) in [7, 11) is 1.59. The summed E-state index contributed by atoms with van der Waals surface area (Å²) >= 11 is 0. The Morgan fingerprint density at radius 2 is 1.60 bits per heavy atom. The second kappa shape index (κ2) is 8.19. The van der Waals surface area contributed by atoms with Crippen LogP contribution in [0.1, 0.15) is 40.0 Å². The summed E-state index contributed by atoms with van der Waals surface area (Å²) in [4.78, 5) is 24.0. The molecule has 0 heterocycles. The lowest BCUT2D eigenvalue weighted by Gasteiger charge is -2.18. The lowest BCUT2D eigenvalue weighted by molar-refractivity contribution is 0.0936. The van der Waals surface area contributed by atoms with Gasteiger partial charge in [-0.25, -0.2) is 10.2 Å². The van der Waals surface area contributed by atoms with Gasteiger partial charge in [0.2, 0.25) is 0 Å². The number of rotatable bonds is 4. The molecule has 0 fully saturated rings. The Morgan fingerprint density at radius 1 is 0.960 bits per heavy atom. The van der Waals surface area contributed by atoms with Gasteiger partial charge < -0.3 is 10.1 Å². The van der Waals surface area contributed by atoms with E-state index in [1.165, 1.54) is 0 Å². The molecular formula is C19H23N3O3. The number of amides is 3. The highest BCUT2D eigenvalue weighted by molar-refractivity contribution is 5.95. The van der Waals surface area contributed by atoms with E-state index in [0.29, 0.717) is 11.3 Å². The first-order chi connectivity index (χ1) is 11.9. The summed E-state index contributed by atoms with van der Waals surface area (Å²) in [6.45, 7) is 5.75. The molecule has 0 saturated heterocycles. The monoisotopic (exact) mass is 341 g/mol. The number of methoxy groups -OCH3 is 1. The molecule has 6 heteroatoms. The van der Waals surface area contributed by atoms with Gasteiger partial charge in [-0.3, -0.25) is 10.2 Å². The Hall–Kier alpha value is -3.02. The quantitative estimate of drug-likeness (QED) is 0.748. The number of hydrogen-bond donors (Lipinski definition) is 3. The molecule has 3 amide bonds. The first-order valence-electron chi connectivity index (χ1n) is 7.98. The average molecular weight is 341 g/mol. The predicted molar refractivity (Wildman–Crippen MR) is 96.5 cm³/mol. The minimum absolute atomic E-state index is 0.286. The highest BCUT2D eigenvalue weighted by atomic mass is 16.5. The Labute approximate surface area is 147 Å². The zero-order valence-electron chi connectivity index (χ0n) is 14.8. The number of ether oxygens (including phenoxy) is 1. The molecule has 2 aromatic carbocycles. The summed E-state index contributed by atoms with van der Waals surface area (Å²) in [5, 5.41) is 2.77. The molecule has 2 rings (SSSR count). The Bertz CT molecular complexity index is 757. The van der Waals surface area contributed by atoms with Crippen LogP contribution in [0.15, 0.2) is 42.5 Å². The summed E-state index contributed by atoms with van der Waals surface area (Å²) < 4.78 is 5.33. The van der Waals surface area contributed by atoms with E-state index in [2.05, 4.69) is 16.2 Å². The van der Waals surface area contributed by atoms with Crippen molar-refractivity contribution in [2.24, 2.45) is 0 Å². The number of carbonyl (C=O) groups excluding carboxylic acids is 2.